The van der Waals surface area contributed by atoms with E-state index in [-0.39, 0.29) is 0 Å². The fraction of sp³-hybridized carbons (Fsp3) is 0.647. The molecule has 0 saturated carbocycles. The van der Waals surface area contributed by atoms with Crippen LogP contribution in [0.5, 0.6) is 0 Å². The van der Waals surface area contributed by atoms with Gasteiger partial charge in [0, 0.05) is 17.3 Å². The van der Waals surface area contributed by atoms with E-state index in [1.54, 1.807) is 0 Å². The van der Waals surface area contributed by atoms with Crippen molar-refractivity contribution >= 4 is 17.3 Å². The number of anilines is 1. The summed E-state index contributed by atoms with van der Waals surface area (Å²) >= 11 is 5.97. The van der Waals surface area contributed by atoms with Gasteiger partial charge in [0.25, 0.3) is 0 Å². The molecule has 20 heavy (non-hydrogen) atoms. The molecule has 114 valence electrons. The van der Waals surface area contributed by atoms with E-state index < -0.39 is 0 Å². The van der Waals surface area contributed by atoms with Gasteiger partial charge in [0.2, 0.25) is 0 Å². The van der Waals surface area contributed by atoms with Gasteiger partial charge in [-0.1, -0.05) is 45.4 Å². The Balaban J connectivity index is 2.66. The molecule has 2 N–H and O–H groups in total. The standard InChI is InChI=1S/C17H29ClN2/c1-13(2)7-9-20(10-8-14(3)4)12-15-5-6-16(18)11-17(15)19/h5-6,11,13-14H,7-10,12,19H2,1-4H3. The zero-order valence-corrected chi connectivity index (χ0v) is 14.1. The van der Waals surface area contributed by atoms with Crippen molar-refractivity contribution in [2.75, 3.05) is 18.8 Å². The van der Waals surface area contributed by atoms with Crippen molar-refractivity contribution in [3.8, 4) is 0 Å². The van der Waals surface area contributed by atoms with E-state index in [4.69, 9.17) is 17.3 Å². The molecule has 0 aromatic heterocycles. The molecule has 0 unspecified atom stereocenters. The van der Waals surface area contributed by atoms with Crippen LogP contribution >= 0.6 is 11.6 Å². The van der Waals surface area contributed by atoms with Gasteiger partial charge in [0.1, 0.15) is 0 Å². The highest BCUT2D eigenvalue weighted by Crippen LogP contribution is 2.20. The van der Waals surface area contributed by atoms with Crippen LogP contribution in [0.1, 0.15) is 46.1 Å². The fourth-order valence-corrected chi connectivity index (χ4v) is 2.28. The van der Waals surface area contributed by atoms with Gasteiger partial charge in [-0.3, -0.25) is 4.90 Å². The van der Waals surface area contributed by atoms with Crippen LogP contribution in [0.2, 0.25) is 5.02 Å². The molecular weight excluding hydrogens is 268 g/mol. The Hall–Kier alpha value is -0.730. The molecule has 1 aromatic rings. The molecular formula is C17H29ClN2. The summed E-state index contributed by atoms with van der Waals surface area (Å²) in [7, 11) is 0. The van der Waals surface area contributed by atoms with Gasteiger partial charge in [0.05, 0.1) is 0 Å². The lowest BCUT2D eigenvalue weighted by Crippen LogP contribution is -2.27. The molecule has 0 aliphatic rings. The number of hydrogen-bond donors (Lipinski definition) is 1. The maximum atomic E-state index is 6.07. The van der Waals surface area contributed by atoms with Crippen molar-refractivity contribution in [3.63, 3.8) is 0 Å². The summed E-state index contributed by atoms with van der Waals surface area (Å²) in [5.41, 5.74) is 8.06. The molecule has 0 saturated heterocycles. The quantitative estimate of drug-likeness (QED) is 0.697. The van der Waals surface area contributed by atoms with E-state index in [0.717, 1.165) is 37.2 Å². The number of nitrogens with zero attached hydrogens (tertiary/aromatic N) is 1. The van der Waals surface area contributed by atoms with Crippen LogP contribution in [0.3, 0.4) is 0 Å². The summed E-state index contributed by atoms with van der Waals surface area (Å²) in [6.07, 6.45) is 2.46. The van der Waals surface area contributed by atoms with Gasteiger partial charge >= 0.3 is 0 Å². The Kier molecular flexibility index (Phi) is 7.39. The first-order valence-electron chi connectivity index (χ1n) is 7.64. The maximum absolute atomic E-state index is 6.07. The number of benzene rings is 1. The van der Waals surface area contributed by atoms with Gasteiger partial charge in [-0.15, -0.1) is 0 Å². The molecule has 1 rings (SSSR count). The van der Waals surface area contributed by atoms with Gasteiger partial charge in [0.15, 0.2) is 0 Å². The normalized spacial score (nSPS) is 11.8. The second-order valence-corrected chi connectivity index (χ2v) is 6.92. The maximum Gasteiger partial charge on any atom is 0.0426 e. The summed E-state index contributed by atoms with van der Waals surface area (Å²) in [5.74, 6) is 1.47. The van der Waals surface area contributed by atoms with Crippen LogP contribution in [0.4, 0.5) is 5.69 Å². The number of nitrogen functional groups attached to an aromatic ring is 1. The molecule has 0 radical (unpaired) electrons. The molecule has 0 aliphatic heterocycles. The molecule has 2 nitrogen and oxygen atoms in total. The van der Waals surface area contributed by atoms with Crippen LogP contribution < -0.4 is 5.73 Å². The molecule has 0 atom stereocenters. The minimum absolute atomic E-state index is 0.710. The average molecular weight is 297 g/mol. The summed E-state index contributed by atoms with van der Waals surface area (Å²) in [6, 6.07) is 5.83. The molecule has 0 aliphatic carbocycles. The summed E-state index contributed by atoms with van der Waals surface area (Å²) in [6.45, 7) is 12.3. The fourth-order valence-electron chi connectivity index (χ4n) is 2.10. The van der Waals surface area contributed by atoms with Crippen LogP contribution in [-0.4, -0.2) is 18.0 Å². The van der Waals surface area contributed by atoms with Crippen molar-refractivity contribution in [2.24, 2.45) is 11.8 Å². The Morgan fingerprint density at radius 1 is 1.05 bits per heavy atom. The highest BCUT2D eigenvalue weighted by atomic mass is 35.5. The lowest BCUT2D eigenvalue weighted by Gasteiger charge is -2.25. The molecule has 0 bridgehead atoms. The highest BCUT2D eigenvalue weighted by Gasteiger charge is 2.10. The number of halogens is 1. The Morgan fingerprint density at radius 3 is 2.05 bits per heavy atom. The minimum Gasteiger partial charge on any atom is -0.398 e. The van der Waals surface area contributed by atoms with Crippen LogP contribution in [0, 0.1) is 11.8 Å². The van der Waals surface area contributed by atoms with Crippen molar-refractivity contribution < 1.29 is 0 Å². The zero-order chi connectivity index (χ0) is 15.1. The molecule has 0 amide bonds. The summed E-state index contributed by atoms with van der Waals surface area (Å²) < 4.78 is 0. The van der Waals surface area contributed by atoms with Crippen molar-refractivity contribution in [1.29, 1.82) is 0 Å². The predicted molar refractivity (Wildman–Crippen MR) is 90.1 cm³/mol. The van der Waals surface area contributed by atoms with Crippen molar-refractivity contribution in [3.05, 3.63) is 28.8 Å². The zero-order valence-electron chi connectivity index (χ0n) is 13.3. The predicted octanol–water partition coefficient (Wildman–Crippen LogP) is 4.82. The average Bonchev–Trinajstić information content (AvgIpc) is 2.35. The van der Waals surface area contributed by atoms with Crippen LogP contribution in [0.15, 0.2) is 18.2 Å². The first-order valence-corrected chi connectivity index (χ1v) is 8.02. The van der Waals surface area contributed by atoms with Gasteiger partial charge in [-0.25, -0.2) is 0 Å². The highest BCUT2D eigenvalue weighted by molar-refractivity contribution is 6.30. The molecule has 0 spiro atoms. The van der Waals surface area contributed by atoms with Gasteiger partial charge in [-0.2, -0.15) is 0 Å². The third-order valence-corrected chi connectivity index (χ3v) is 3.78. The van der Waals surface area contributed by atoms with Crippen molar-refractivity contribution in [2.45, 2.75) is 47.1 Å². The largest absolute Gasteiger partial charge is 0.398 e. The number of nitrogens with two attached hydrogens (primary N) is 1. The molecule has 0 fully saturated rings. The molecule has 1 aromatic carbocycles. The second-order valence-electron chi connectivity index (χ2n) is 6.48. The van der Waals surface area contributed by atoms with E-state index in [1.165, 1.54) is 18.4 Å². The third kappa shape index (κ3) is 6.62. The number of hydrogen-bond acceptors (Lipinski definition) is 2. The topological polar surface area (TPSA) is 29.3 Å². The SMILES string of the molecule is CC(C)CCN(CCC(C)C)Cc1ccc(Cl)cc1N. The Morgan fingerprint density at radius 2 is 1.60 bits per heavy atom. The minimum atomic E-state index is 0.710. The van der Waals surface area contributed by atoms with E-state index in [9.17, 15) is 0 Å². The van der Waals surface area contributed by atoms with Crippen molar-refractivity contribution in [1.82, 2.24) is 4.90 Å². The van der Waals surface area contributed by atoms with Crippen LogP contribution in [0.25, 0.3) is 0 Å². The van der Waals surface area contributed by atoms with E-state index >= 15 is 0 Å². The smallest absolute Gasteiger partial charge is 0.0426 e. The van der Waals surface area contributed by atoms with E-state index in [2.05, 4.69) is 38.7 Å². The second kappa shape index (κ2) is 8.53. The van der Waals surface area contributed by atoms with E-state index in [0.29, 0.717) is 5.02 Å². The third-order valence-electron chi connectivity index (χ3n) is 3.55. The lowest BCUT2D eigenvalue weighted by atomic mass is 10.1. The Bertz CT molecular complexity index is 390. The Labute approximate surface area is 129 Å². The van der Waals surface area contributed by atoms with Crippen LogP contribution in [-0.2, 0) is 6.54 Å². The number of rotatable bonds is 8. The monoisotopic (exact) mass is 296 g/mol. The van der Waals surface area contributed by atoms with Gasteiger partial charge < -0.3 is 5.73 Å². The first kappa shape index (κ1) is 17.3. The summed E-state index contributed by atoms with van der Waals surface area (Å²) in [5, 5.41) is 0.710. The lowest BCUT2D eigenvalue weighted by molar-refractivity contribution is 0.236. The first-order chi connectivity index (χ1) is 9.38. The van der Waals surface area contributed by atoms with E-state index in [1.807, 2.05) is 12.1 Å². The molecule has 0 heterocycles. The molecule has 3 heteroatoms. The van der Waals surface area contributed by atoms with Gasteiger partial charge in [-0.05, 0) is 55.5 Å². The summed E-state index contributed by atoms with van der Waals surface area (Å²) in [4.78, 5) is 2.51.